The molecule has 68 valence electrons. The summed E-state index contributed by atoms with van der Waals surface area (Å²) in [4.78, 5) is 10.7. The van der Waals surface area contributed by atoms with Gasteiger partial charge in [-0.2, -0.15) is 0 Å². The van der Waals surface area contributed by atoms with Gasteiger partial charge in [-0.25, -0.2) is 0 Å². The molecule has 0 radical (unpaired) electrons. The monoisotopic (exact) mass is 169 g/mol. The highest BCUT2D eigenvalue weighted by Crippen LogP contribution is 2.17. The Morgan fingerprint density at radius 2 is 2.25 bits per heavy atom. The van der Waals surface area contributed by atoms with Crippen LogP contribution < -0.4 is 5.73 Å². The van der Waals surface area contributed by atoms with Crippen LogP contribution in [0.4, 0.5) is 0 Å². The molecule has 0 spiro atoms. The molecule has 0 bridgehead atoms. The molecule has 3 N–H and O–H groups in total. The maximum absolute atomic E-state index is 10.7. The van der Waals surface area contributed by atoms with Crippen molar-refractivity contribution in [1.82, 2.24) is 0 Å². The van der Waals surface area contributed by atoms with E-state index in [1.165, 1.54) is 0 Å². The molecule has 0 amide bonds. The highest BCUT2D eigenvalue weighted by molar-refractivity contribution is 5.71. The number of hydrogen-bond acceptors (Lipinski definition) is 2. The fourth-order valence-electron chi connectivity index (χ4n) is 1.49. The van der Waals surface area contributed by atoms with Gasteiger partial charge in [-0.15, -0.1) is 0 Å². The number of allylic oxidation sites excluding steroid dienone is 1. The van der Waals surface area contributed by atoms with Gasteiger partial charge in [-0.3, -0.25) is 4.79 Å². The predicted octanol–water partition coefficient (Wildman–Crippen LogP) is 1.14. The highest BCUT2D eigenvalue weighted by atomic mass is 16.4. The van der Waals surface area contributed by atoms with E-state index in [9.17, 15) is 4.79 Å². The standard InChI is InChI=1S/C9H15NO2/c10-8-6-4-2-1-3-5-7(8)9(11)12/h4,6-8H,1-3,5,10H2,(H,11,12). The predicted molar refractivity (Wildman–Crippen MR) is 46.7 cm³/mol. The van der Waals surface area contributed by atoms with Gasteiger partial charge in [0, 0.05) is 6.04 Å². The van der Waals surface area contributed by atoms with Crippen molar-refractivity contribution < 1.29 is 9.90 Å². The number of rotatable bonds is 1. The molecule has 0 aromatic heterocycles. The average Bonchev–Trinajstić information content (AvgIpc) is 1.96. The van der Waals surface area contributed by atoms with Gasteiger partial charge in [-0.05, 0) is 19.3 Å². The van der Waals surface area contributed by atoms with E-state index in [4.69, 9.17) is 10.8 Å². The van der Waals surface area contributed by atoms with Crippen LogP contribution >= 0.6 is 0 Å². The van der Waals surface area contributed by atoms with Crippen LogP contribution in [-0.4, -0.2) is 17.1 Å². The van der Waals surface area contributed by atoms with Crippen LogP contribution in [0.5, 0.6) is 0 Å². The second-order valence-corrected chi connectivity index (χ2v) is 3.23. The topological polar surface area (TPSA) is 63.3 Å². The summed E-state index contributed by atoms with van der Waals surface area (Å²) in [6.45, 7) is 0. The Morgan fingerprint density at radius 3 is 2.92 bits per heavy atom. The van der Waals surface area contributed by atoms with Crippen LogP contribution in [0.1, 0.15) is 25.7 Å². The Bertz CT molecular complexity index is 189. The number of carboxylic acid groups (broad SMARTS) is 1. The summed E-state index contributed by atoms with van der Waals surface area (Å²) >= 11 is 0. The number of carboxylic acids is 1. The molecule has 2 atom stereocenters. The third kappa shape index (κ3) is 2.34. The molecular formula is C9H15NO2. The summed E-state index contributed by atoms with van der Waals surface area (Å²) in [7, 11) is 0. The minimum Gasteiger partial charge on any atom is -0.481 e. The normalized spacial score (nSPS) is 30.8. The number of carbonyl (C=O) groups is 1. The molecule has 0 aromatic rings. The van der Waals surface area contributed by atoms with Gasteiger partial charge < -0.3 is 10.8 Å². The summed E-state index contributed by atoms with van der Waals surface area (Å²) < 4.78 is 0. The minimum atomic E-state index is -0.769. The third-order valence-electron chi connectivity index (χ3n) is 2.28. The molecule has 0 aromatic carbocycles. The van der Waals surface area contributed by atoms with Gasteiger partial charge in [0.1, 0.15) is 0 Å². The second-order valence-electron chi connectivity index (χ2n) is 3.23. The van der Waals surface area contributed by atoms with E-state index < -0.39 is 5.97 Å². The van der Waals surface area contributed by atoms with Crippen molar-refractivity contribution in [3.05, 3.63) is 12.2 Å². The summed E-state index contributed by atoms with van der Waals surface area (Å²) in [5.74, 6) is -1.16. The molecule has 1 aliphatic rings. The maximum Gasteiger partial charge on any atom is 0.308 e. The summed E-state index contributed by atoms with van der Waals surface area (Å²) in [5.41, 5.74) is 5.68. The zero-order chi connectivity index (χ0) is 8.97. The van der Waals surface area contributed by atoms with Crippen LogP contribution in [0, 0.1) is 5.92 Å². The van der Waals surface area contributed by atoms with Gasteiger partial charge >= 0.3 is 5.97 Å². The molecule has 3 nitrogen and oxygen atoms in total. The van der Waals surface area contributed by atoms with Gasteiger partial charge in [-0.1, -0.05) is 18.6 Å². The molecule has 12 heavy (non-hydrogen) atoms. The second kappa shape index (κ2) is 4.26. The zero-order valence-corrected chi connectivity index (χ0v) is 7.07. The first kappa shape index (κ1) is 9.26. The van der Waals surface area contributed by atoms with Crippen LogP contribution in [-0.2, 0) is 4.79 Å². The smallest absolute Gasteiger partial charge is 0.308 e. The lowest BCUT2D eigenvalue weighted by Gasteiger charge is -2.18. The lowest BCUT2D eigenvalue weighted by atomic mass is 9.91. The first-order valence-electron chi connectivity index (χ1n) is 4.37. The number of hydrogen-bond donors (Lipinski definition) is 2. The van der Waals surface area contributed by atoms with Gasteiger partial charge in [0.25, 0.3) is 0 Å². The van der Waals surface area contributed by atoms with Crippen molar-refractivity contribution in [3.63, 3.8) is 0 Å². The third-order valence-corrected chi connectivity index (χ3v) is 2.28. The Kier molecular flexibility index (Phi) is 3.29. The summed E-state index contributed by atoms with van der Waals surface area (Å²) in [6, 6.07) is -0.303. The lowest BCUT2D eigenvalue weighted by molar-refractivity contribution is -0.142. The summed E-state index contributed by atoms with van der Waals surface area (Å²) in [5, 5.41) is 8.81. The van der Waals surface area contributed by atoms with Crippen molar-refractivity contribution in [1.29, 1.82) is 0 Å². The van der Waals surface area contributed by atoms with Crippen LogP contribution in [0.25, 0.3) is 0 Å². The van der Waals surface area contributed by atoms with E-state index in [0.717, 1.165) is 19.3 Å². The van der Waals surface area contributed by atoms with Crippen molar-refractivity contribution in [3.8, 4) is 0 Å². The largest absolute Gasteiger partial charge is 0.481 e. The molecular weight excluding hydrogens is 154 g/mol. The van der Waals surface area contributed by atoms with E-state index in [2.05, 4.69) is 0 Å². The van der Waals surface area contributed by atoms with Crippen molar-refractivity contribution >= 4 is 5.97 Å². The highest BCUT2D eigenvalue weighted by Gasteiger charge is 2.23. The summed E-state index contributed by atoms with van der Waals surface area (Å²) in [6.07, 6.45) is 7.58. The van der Waals surface area contributed by atoms with E-state index in [1.54, 1.807) is 0 Å². The SMILES string of the molecule is NC1C=CCCCCC1C(=O)O. The molecule has 0 heterocycles. The molecule has 1 aliphatic carbocycles. The average molecular weight is 169 g/mol. The van der Waals surface area contributed by atoms with E-state index in [1.807, 2.05) is 12.2 Å². The van der Waals surface area contributed by atoms with E-state index in [-0.39, 0.29) is 12.0 Å². The van der Waals surface area contributed by atoms with E-state index >= 15 is 0 Å². The first-order valence-corrected chi connectivity index (χ1v) is 4.37. The van der Waals surface area contributed by atoms with Crippen molar-refractivity contribution in [2.45, 2.75) is 31.7 Å². The molecule has 2 unspecified atom stereocenters. The molecule has 0 aliphatic heterocycles. The van der Waals surface area contributed by atoms with Gasteiger partial charge in [0.05, 0.1) is 5.92 Å². The number of aliphatic carboxylic acids is 1. The molecule has 0 fully saturated rings. The Hall–Kier alpha value is -0.830. The van der Waals surface area contributed by atoms with Gasteiger partial charge in [0.15, 0.2) is 0 Å². The lowest BCUT2D eigenvalue weighted by Crippen LogP contribution is -2.34. The molecule has 0 saturated carbocycles. The maximum atomic E-state index is 10.7. The van der Waals surface area contributed by atoms with Crippen LogP contribution in [0.2, 0.25) is 0 Å². The Balaban J connectivity index is 2.62. The fourth-order valence-corrected chi connectivity index (χ4v) is 1.49. The zero-order valence-electron chi connectivity index (χ0n) is 7.07. The molecule has 0 saturated heterocycles. The Morgan fingerprint density at radius 1 is 1.50 bits per heavy atom. The van der Waals surface area contributed by atoms with E-state index in [0.29, 0.717) is 6.42 Å². The number of nitrogens with two attached hydrogens (primary N) is 1. The van der Waals surface area contributed by atoms with Crippen molar-refractivity contribution in [2.75, 3.05) is 0 Å². The fraction of sp³-hybridized carbons (Fsp3) is 0.667. The molecule has 3 heteroatoms. The van der Waals surface area contributed by atoms with Crippen LogP contribution in [0.3, 0.4) is 0 Å². The Labute approximate surface area is 72.3 Å². The minimum absolute atomic E-state index is 0.303. The van der Waals surface area contributed by atoms with Gasteiger partial charge in [0.2, 0.25) is 0 Å². The first-order chi connectivity index (χ1) is 5.72. The molecule has 1 rings (SSSR count). The quantitative estimate of drug-likeness (QED) is 0.579. The van der Waals surface area contributed by atoms with Crippen LogP contribution in [0.15, 0.2) is 12.2 Å². The van der Waals surface area contributed by atoms with Crippen molar-refractivity contribution in [2.24, 2.45) is 11.7 Å².